The van der Waals surface area contributed by atoms with Crippen LogP contribution in [0.1, 0.15) is 19.3 Å². The molecule has 0 aromatic carbocycles. The Labute approximate surface area is 223 Å². The van der Waals surface area contributed by atoms with Gasteiger partial charge in [-0.15, -0.1) is 0 Å². The molecule has 36 heavy (non-hydrogen) atoms. The highest BCUT2D eigenvalue weighted by Gasteiger charge is 2.32. The molecule has 0 aromatic rings. The molecule has 11 heteroatoms. The van der Waals surface area contributed by atoms with Crippen molar-refractivity contribution in [1.82, 2.24) is 4.90 Å². The predicted molar refractivity (Wildman–Crippen MR) is 156 cm³/mol. The summed E-state index contributed by atoms with van der Waals surface area (Å²) in [6, 6.07) is 1.84. The van der Waals surface area contributed by atoms with Crippen molar-refractivity contribution < 1.29 is 28.6 Å². The highest BCUT2D eigenvalue weighted by molar-refractivity contribution is 6.76. The molecule has 0 heterocycles. The first-order valence-electron chi connectivity index (χ1n) is 13.4. The lowest BCUT2D eigenvalue weighted by atomic mass is 10.1. The molecule has 0 saturated heterocycles. The van der Waals surface area contributed by atoms with Crippen LogP contribution in [0.2, 0.25) is 77.1 Å². The predicted octanol–water partition coefficient (Wildman–Crippen LogP) is 4.43. The van der Waals surface area contributed by atoms with Gasteiger partial charge in [-0.05, 0) is 37.5 Å². The molecule has 0 bridgehead atoms. The number of hydrogen-bond acceptors (Lipinski definition) is 8. The summed E-state index contributed by atoms with van der Waals surface area (Å²) < 4.78 is 16.6. The third-order valence-electron chi connectivity index (χ3n) is 5.64. The van der Waals surface area contributed by atoms with E-state index in [2.05, 4.69) is 58.9 Å². The fourth-order valence-corrected chi connectivity index (χ4v) is 5.27. The summed E-state index contributed by atoms with van der Waals surface area (Å²) in [5.74, 6) is -1.29. The van der Waals surface area contributed by atoms with Gasteiger partial charge in [-0.1, -0.05) is 65.3 Å². The number of carbonyl (C=O) groups is 3. The van der Waals surface area contributed by atoms with Crippen LogP contribution >= 0.6 is 0 Å². The van der Waals surface area contributed by atoms with E-state index in [9.17, 15) is 14.4 Å². The summed E-state index contributed by atoms with van der Waals surface area (Å²) in [5.41, 5.74) is 5.67. The molecule has 0 fully saturated rings. The number of hydrogen-bond donors (Lipinski definition) is 1. The molecular formula is C25H54N2O6Si3. The van der Waals surface area contributed by atoms with Gasteiger partial charge in [-0.3, -0.25) is 19.3 Å². The van der Waals surface area contributed by atoms with Crippen LogP contribution in [0.25, 0.3) is 0 Å². The minimum Gasteiger partial charge on any atom is -0.465 e. The first kappa shape index (κ1) is 35.0. The number of ether oxygens (including phenoxy) is 3. The zero-order valence-electron chi connectivity index (χ0n) is 24.5. The van der Waals surface area contributed by atoms with Gasteiger partial charge >= 0.3 is 17.9 Å². The molecule has 1 unspecified atom stereocenters. The first-order chi connectivity index (χ1) is 16.4. The number of esters is 3. The lowest BCUT2D eigenvalue weighted by Crippen LogP contribution is -2.48. The van der Waals surface area contributed by atoms with Crippen LogP contribution in [0.5, 0.6) is 0 Å². The van der Waals surface area contributed by atoms with Crippen LogP contribution < -0.4 is 5.73 Å². The molecule has 0 aliphatic heterocycles. The third kappa shape index (κ3) is 20.1. The van der Waals surface area contributed by atoms with Crippen molar-refractivity contribution in [3.05, 3.63) is 0 Å². The maximum Gasteiger partial charge on any atom is 0.323 e. The molecule has 0 aromatic heterocycles. The van der Waals surface area contributed by atoms with Gasteiger partial charge in [0.1, 0.15) is 6.04 Å². The molecule has 0 amide bonds. The van der Waals surface area contributed by atoms with Gasteiger partial charge in [0.2, 0.25) is 0 Å². The molecule has 0 aliphatic carbocycles. The van der Waals surface area contributed by atoms with E-state index < -0.39 is 48.2 Å². The Balaban J connectivity index is 5.48. The second-order valence-corrected chi connectivity index (χ2v) is 30.1. The fourth-order valence-electron chi connectivity index (χ4n) is 3.13. The van der Waals surface area contributed by atoms with Crippen molar-refractivity contribution in [2.45, 2.75) is 102 Å². The van der Waals surface area contributed by atoms with E-state index in [-0.39, 0.29) is 13.1 Å². The smallest absolute Gasteiger partial charge is 0.323 e. The van der Waals surface area contributed by atoms with E-state index in [1.54, 1.807) is 4.90 Å². The topological polar surface area (TPSA) is 108 Å². The Morgan fingerprint density at radius 3 is 1.42 bits per heavy atom. The highest BCUT2D eigenvalue weighted by Crippen LogP contribution is 2.15. The lowest BCUT2D eigenvalue weighted by Gasteiger charge is -2.29. The van der Waals surface area contributed by atoms with E-state index in [1.807, 2.05) is 0 Å². The molecule has 212 valence electrons. The normalized spacial score (nSPS) is 13.4. The van der Waals surface area contributed by atoms with Gasteiger partial charge in [-0.25, -0.2) is 0 Å². The summed E-state index contributed by atoms with van der Waals surface area (Å²) >= 11 is 0. The molecule has 0 spiro atoms. The van der Waals surface area contributed by atoms with Crippen molar-refractivity contribution in [2.24, 2.45) is 5.73 Å². The average molecular weight is 563 g/mol. The Kier molecular flexibility index (Phi) is 16.3. The molecular weight excluding hydrogens is 509 g/mol. The van der Waals surface area contributed by atoms with Gasteiger partial charge in [0.05, 0.1) is 32.9 Å². The molecule has 0 saturated carbocycles. The van der Waals surface area contributed by atoms with Crippen LogP contribution in [0.3, 0.4) is 0 Å². The number of rotatable bonds is 19. The van der Waals surface area contributed by atoms with Gasteiger partial charge < -0.3 is 19.9 Å². The number of unbranched alkanes of at least 4 members (excludes halogenated alkanes) is 1. The first-order valence-corrected chi connectivity index (χ1v) is 24.5. The molecule has 2 N–H and O–H groups in total. The Morgan fingerprint density at radius 2 is 1.06 bits per heavy atom. The van der Waals surface area contributed by atoms with Gasteiger partial charge in [0.15, 0.2) is 0 Å². The fraction of sp³-hybridized carbons (Fsp3) is 0.880. The molecule has 0 radical (unpaired) electrons. The minimum absolute atomic E-state index is 0.161. The second kappa shape index (κ2) is 16.7. The van der Waals surface area contributed by atoms with Crippen molar-refractivity contribution in [3.63, 3.8) is 0 Å². The van der Waals surface area contributed by atoms with Gasteiger partial charge in [-0.2, -0.15) is 0 Å². The van der Waals surface area contributed by atoms with Crippen LogP contribution in [-0.4, -0.2) is 92.5 Å². The summed E-state index contributed by atoms with van der Waals surface area (Å²) in [6.07, 6.45) is 1.89. The summed E-state index contributed by atoms with van der Waals surface area (Å²) in [7, 11) is -4.09. The lowest BCUT2D eigenvalue weighted by molar-refractivity contribution is -0.156. The third-order valence-corrected chi connectivity index (χ3v) is 10.7. The van der Waals surface area contributed by atoms with E-state index >= 15 is 0 Å². The Bertz CT molecular complexity index is 638. The number of nitrogens with two attached hydrogens (primary N) is 1. The monoisotopic (exact) mass is 562 g/mol. The Morgan fingerprint density at radius 1 is 0.667 bits per heavy atom. The van der Waals surface area contributed by atoms with Gasteiger partial charge in [0.25, 0.3) is 0 Å². The van der Waals surface area contributed by atoms with E-state index in [4.69, 9.17) is 19.9 Å². The molecule has 0 aliphatic rings. The SMILES string of the molecule is C[Si](C)(C)CCOC(=O)CN(CC(=O)OCC[Si](C)(C)C)C(CCCCN)C(=O)OCC[Si](C)(C)C. The number of carbonyl (C=O) groups excluding carboxylic acids is 3. The second-order valence-electron chi connectivity index (χ2n) is 13.2. The maximum absolute atomic E-state index is 13.1. The quantitative estimate of drug-likeness (QED) is 0.107. The van der Waals surface area contributed by atoms with Crippen molar-refractivity contribution in [1.29, 1.82) is 0 Å². The Hall–Kier alpha value is -1.02. The molecule has 8 nitrogen and oxygen atoms in total. The van der Waals surface area contributed by atoms with E-state index in [1.165, 1.54) is 0 Å². The van der Waals surface area contributed by atoms with Crippen LogP contribution in [0.15, 0.2) is 0 Å². The minimum atomic E-state index is -1.38. The highest BCUT2D eigenvalue weighted by atomic mass is 28.3. The van der Waals surface area contributed by atoms with Crippen molar-refractivity contribution >= 4 is 42.1 Å². The zero-order valence-corrected chi connectivity index (χ0v) is 27.5. The molecule has 1 atom stereocenters. The van der Waals surface area contributed by atoms with Crippen LogP contribution in [0, 0.1) is 0 Å². The standard InChI is InChI=1S/C25H54N2O6Si3/c1-34(2,3)17-14-31-23(28)20-27(21-24(29)32-15-18-35(4,5)6)22(12-10-11-13-26)25(30)33-16-19-36(7,8)9/h22H,10-21,26H2,1-9H3. The molecule has 0 rings (SSSR count). The van der Waals surface area contributed by atoms with Crippen LogP contribution in [0.4, 0.5) is 0 Å². The zero-order chi connectivity index (χ0) is 28.0. The maximum atomic E-state index is 13.1. The number of nitrogens with zero attached hydrogens (tertiary/aromatic N) is 1. The summed E-state index contributed by atoms with van der Waals surface area (Å²) in [4.78, 5) is 40.1. The van der Waals surface area contributed by atoms with E-state index in [0.717, 1.165) is 24.6 Å². The van der Waals surface area contributed by atoms with Crippen molar-refractivity contribution in [3.8, 4) is 0 Å². The summed E-state index contributed by atoms with van der Waals surface area (Å²) in [5, 5.41) is 0. The van der Waals surface area contributed by atoms with E-state index in [0.29, 0.717) is 39.2 Å². The van der Waals surface area contributed by atoms with Crippen molar-refractivity contribution in [2.75, 3.05) is 39.5 Å². The van der Waals surface area contributed by atoms with Gasteiger partial charge in [0, 0.05) is 24.2 Å². The largest absolute Gasteiger partial charge is 0.465 e. The summed E-state index contributed by atoms with van der Waals surface area (Å²) in [6.45, 7) is 21.2. The van der Waals surface area contributed by atoms with Crippen LogP contribution in [-0.2, 0) is 28.6 Å². The average Bonchev–Trinajstić information content (AvgIpc) is 2.67.